The minimum Gasteiger partial charge on any atom is -0.327 e. The summed E-state index contributed by atoms with van der Waals surface area (Å²) < 4.78 is 25.1. The first-order valence-corrected chi connectivity index (χ1v) is 10.1. The second-order valence-corrected chi connectivity index (χ2v) is 9.10. The van der Waals surface area contributed by atoms with Crippen LogP contribution in [0.4, 0.5) is 0 Å². The Bertz CT molecular complexity index is 351. The van der Waals surface area contributed by atoms with Crippen LogP contribution >= 0.6 is 0 Å². The Hall–Kier alpha value is -0.0900. The van der Waals surface area contributed by atoms with E-state index < -0.39 is 9.84 Å². The Morgan fingerprint density at radius 2 is 1.35 bits per heavy atom. The van der Waals surface area contributed by atoms with Crippen LogP contribution in [0.25, 0.3) is 0 Å². The quantitative estimate of drug-likeness (QED) is 0.865. The fraction of sp³-hybridized carbons (Fsp3) is 1.00. The van der Waals surface area contributed by atoms with Crippen LogP contribution in [-0.2, 0) is 9.84 Å². The van der Waals surface area contributed by atoms with Gasteiger partial charge >= 0.3 is 0 Å². The first kappa shape index (κ1) is 18.0. The van der Waals surface area contributed by atoms with Crippen molar-refractivity contribution in [1.29, 1.82) is 0 Å². The molecule has 20 heavy (non-hydrogen) atoms. The van der Waals surface area contributed by atoms with Crippen molar-refractivity contribution in [3.05, 3.63) is 0 Å². The summed E-state index contributed by atoms with van der Waals surface area (Å²) >= 11 is 0. The van der Waals surface area contributed by atoms with E-state index in [2.05, 4.69) is 0 Å². The molecule has 3 nitrogen and oxygen atoms in total. The Labute approximate surface area is 125 Å². The minimum atomic E-state index is -3.05. The van der Waals surface area contributed by atoms with Gasteiger partial charge in [0.05, 0.1) is 11.0 Å². The molecule has 0 amide bonds. The van der Waals surface area contributed by atoms with E-state index in [0.29, 0.717) is 0 Å². The van der Waals surface area contributed by atoms with Crippen molar-refractivity contribution in [2.75, 3.05) is 5.75 Å². The maximum Gasteiger partial charge on any atom is 0.154 e. The highest BCUT2D eigenvalue weighted by atomic mass is 32.2. The lowest BCUT2D eigenvalue weighted by Gasteiger charge is -2.25. The first-order chi connectivity index (χ1) is 9.43. The topological polar surface area (TPSA) is 60.2 Å². The van der Waals surface area contributed by atoms with Crippen molar-refractivity contribution >= 4 is 9.84 Å². The molecule has 2 atom stereocenters. The summed E-state index contributed by atoms with van der Waals surface area (Å²) in [6.45, 7) is 3.94. The highest BCUT2D eigenvalue weighted by molar-refractivity contribution is 7.92. The summed E-state index contributed by atoms with van der Waals surface area (Å²) in [6, 6.07) is -0.168. The number of sulfone groups is 1. The summed E-state index contributed by atoms with van der Waals surface area (Å²) in [5.74, 6) is 0.472. The van der Waals surface area contributed by atoms with Crippen LogP contribution in [0.3, 0.4) is 0 Å². The smallest absolute Gasteiger partial charge is 0.154 e. The maximum absolute atomic E-state index is 12.5. The molecule has 0 heterocycles. The summed E-state index contributed by atoms with van der Waals surface area (Å²) in [5.41, 5.74) is 6.24. The van der Waals surface area contributed by atoms with Gasteiger partial charge < -0.3 is 5.73 Å². The van der Waals surface area contributed by atoms with Crippen molar-refractivity contribution < 1.29 is 8.42 Å². The molecule has 4 heteroatoms. The molecular formula is C16H33NO2S. The SMILES string of the molecule is CC(C)CS(=O)(=O)C1CCCCCCCCCCC1N. The average molecular weight is 304 g/mol. The van der Waals surface area contributed by atoms with Crippen LogP contribution < -0.4 is 5.73 Å². The van der Waals surface area contributed by atoms with E-state index in [1.165, 1.54) is 32.1 Å². The molecule has 0 bridgehead atoms. The molecule has 1 aliphatic rings. The molecule has 0 spiro atoms. The number of hydrogen-bond donors (Lipinski definition) is 1. The lowest BCUT2D eigenvalue weighted by molar-refractivity contribution is 0.454. The summed E-state index contributed by atoms with van der Waals surface area (Å²) in [7, 11) is -3.05. The first-order valence-electron chi connectivity index (χ1n) is 8.40. The summed E-state index contributed by atoms with van der Waals surface area (Å²) in [6.07, 6.45) is 11.2. The maximum atomic E-state index is 12.5. The molecule has 0 aromatic heterocycles. The van der Waals surface area contributed by atoms with Gasteiger partial charge in [-0.1, -0.05) is 65.2 Å². The van der Waals surface area contributed by atoms with E-state index in [9.17, 15) is 8.42 Å². The number of rotatable bonds is 3. The number of hydrogen-bond acceptors (Lipinski definition) is 3. The Morgan fingerprint density at radius 3 is 1.85 bits per heavy atom. The molecule has 0 aliphatic heterocycles. The zero-order valence-corrected chi connectivity index (χ0v) is 14.1. The Balaban J connectivity index is 2.70. The van der Waals surface area contributed by atoms with Crippen LogP contribution in [0.2, 0.25) is 0 Å². The Kier molecular flexibility index (Phi) is 8.11. The van der Waals surface area contributed by atoms with Crippen LogP contribution in [0, 0.1) is 5.92 Å². The molecule has 1 saturated carbocycles. The highest BCUT2D eigenvalue weighted by Crippen LogP contribution is 2.22. The molecule has 1 fully saturated rings. The van der Waals surface area contributed by atoms with Gasteiger partial charge in [0.1, 0.15) is 0 Å². The van der Waals surface area contributed by atoms with Gasteiger partial charge in [-0.2, -0.15) is 0 Å². The molecular weight excluding hydrogens is 270 g/mol. The molecule has 0 radical (unpaired) electrons. The normalized spacial score (nSPS) is 27.8. The van der Waals surface area contributed by atoms with Gasteiger partial charge in [0.25, 0.3) is 0 Å². The number of nitrogens with two attached hydrogens (primary N) is 1. The zero-order valence-electron chi connectivity index (χ0n) is 13.3. The van der Waals surface area contributed by atoms with E-state index in [1.54, 1.807) is 0 Å². The third-order valence-corrected chi connectivity index (χ3v) is 6.92. The van der Waals surface area contributed by atoms with Gasteiger partial charge in [-0.15, -0.1) is 0 Å². The van der Waals surface area contributed by atoms with Gasteiger partial charge in [-0.05, 0) is 18.8 Å². The summed E-state index contributed by atoms with van der Waals surface area (Å²) in [5, 5.41) is -0.315. The van der Waals surface area contributed by atoms with Gasteiger partial charge in [0.2, 0.25) is 0 Å². The van der Waals surface area contributed by atoms with Gasteiger partial charge in [0, 0.05) is 6.04 Å². The molecule has 0 saturated heterocycles. The minimum absolute atomic E-state index is 0.168. The largest absolute Gasteiger partial charge is 0.327 e. The van der Waals surface area contributed by atoms with Gasteiger partial charge in [-0.25, -0.2) is 8.42 Å². The van der Waals surface area contributed by atoms with Crippen molar-refractivity contribution in [1.82, 2.24) is 0 Å². The van der Waals surface area contributed by atoms with Crippen LogP contribution in [0.15, 0.2) is 0 Å². The van der Waals surface area contributed by atoms with Crippen LogP contribution in [-0.4, -0.2) is 25.5 Å². The molecule has 1 aliphatic carbocycles. The van der Waals surface area contributed by atoms with E-state index in [4.69, 9.17) is 5.73 Å². The van der Waals surface area contributed by atoms with Crippen molar-refractivity contribution in [2.45, 2.75) is 89.3 Å². The lowest BCUT2D eigenvalue weighted by Crippen LogP contribution is -2.42. The molecule has 0 aromatic carbocycles. The van der Waals surface area contributed by atoms with Crippen molar-refractivity contribution in [3.63, 3.8) is 0 Å². The molecule has 1 rings (SSSR count). The lowest BCUT2D eigenvalue weighted by atomic mass is 9.98. The van der Waals surface area contributed by atoms with E-state index in [-0.39, 0.29) is 23.0 Å². The fourth-order valence-electron chi connectivity index (χ4n) is 3.22. The average Bonchev–Trinajstić information content (AvgIpc) is 2.31. The predicted octanol–water partition coefficient (Wildman–Crippen LogP) is 3.67. The van der Waals surface area contributed by atoms with E-state index in [1.807, 2.05) is 13.8 Å². The van der Waals surface area contributed by atoms with Gasteiger partial charge in [0.15, 0.2) is 9.84 Å². The van der Waals surface area contributed by atoms with Crippen LogP contribution in [0.5, 0.6) is 0 Å². The van der Waals surface area contributed by atoms with Crippen molar-refractivity contribution in [2.24, 2.45) is 11.7 Å². The third-order valence-electron chi connectivity index (χ3n) is 4.28. The highest BCUT2D eigenvalue weighted by Gasteiger charge is 2.31. The van der Waals surface area contributed by atoms with Crippen LogP contribution in [0.1, 0.15) is 78.1 Å². The molecule has 120 valence electrons. The molecule has 2 N–H and O–H groups in total. The second-order valence-electron chi connectivity index (χ2n) is 6.83. The predicted molar refractivity (Wildman–Crippen MR) is 86.6 cm³/mol. The zero-order chi connectivity index (χ0) is 15.0. The third kappa shape index (κ3) is 6.57. The van der Waals surface area contributed by atoms with Crippen molar-refractivity contribution in [3.8, 4) is 0 Å². The summed E-state index contributed by atoms with van der Waals surface area (Å²) in [4.78, 5) is 0. The standard InChI is InChI=1S/C16H33NO2S/c1-14(2)13-20(18,19)16-12-10-8-6-4-3-5-7-9-11-15(16)17/h14-16H,3-13,17H2,1-2H3. The van der Waals surface area contributed by atoms with E-state index in [0.717, 1.165) is 32.1 Å². The Morgan fingerprint density at radius 1 is 0.900 bits per heavy atom. The monoisotopic (exact) mass is 303 g/mol. The van der Waals surface area contributed by atoms with E-state index >= 15 is 0 Å². The molecule has 0 aromatic rings. The molecule has 2 unspecified atom stereocenters. The fourth-order valence-corrected chi connectivity index (χ4v) is 5.59. The second kappa shape index (κ2) is 9.04. The van der Waals surface area contributed by atoms with Gasteiger partial charge in [-0.3, -0.25) is 0 Å².